The van der Waals surface area contributed by atoms with Crippen LogP contribution in [0.15, 0.2) is 0 Å². The first kappa shape index (κ1) is 18.4. The van der Waals surface area contributed by atoms with E-state index in [0.717, 1.165) is 19.5 Å². The fourth-order valence-corrected chi connectivity index (χ4v) is 2.22. The molecule has 0 aromatic rings. The summed E-state index contributed by atoms with van der Waals surface area (Å²) in [5, 5.41) is 18.3. The molecule has 0 spiro atoms. The number of aliphatic carboxylic acids is 1. The largest absolute Gasteiger partial charge is 0.483 e. The van der Waals surface area contributed by atoms with E-state index in [1.807, 2.05) is 0 Å². The van der Waals surface area contributed by atoms with E-state index in [0.29, 0.717) is 19.4 Å². The van der Waals surface area contributed by atoms with Gasteiger partial charge in [0.1, 0.15) is 0 Å². The number of carboxylic acids is 1. The molecule has 1 saturated heterocycles. The Hall–Kier alpha value is -1.63. The van der Waals surface area contributed by atoms with Crippen LogP contribution in [0.2, 0.25) is 0 Å². The van der Waals surface area contributed by atoms with Crippen molar-refractivity contribution in [2.75, 3.05) is 26.7 Å². The molecule has 1 amide bonds. The van der Waals surface area contributed by atoms with Crippen LogP contribution in [0.3, 0.4) is 0 Å². The minimum atomic E-state index is -0.845. The van der Waals surface area contributed by atoms with Gasteiger partial charge in [0.2, 0.25) is 5.91 Å². The third-order valence-corrected chi connectivity index (χ3v) is 3.26. The standard InChI is InChI=1S/C12H22N2O3.CH2O2/c1-12(6-7-14(2)9-12)8-13-10(15)4-3-5-11(16)17;2-1-3/h3-9H2,1-2H3,(H,13,15)(H,16,17);1H,(H,2,3). The van der Waals surface area contributed by atoms with Crippen LogP contribution in [-0.4, -0.2) is 60.1 Å². The number of carbonyl (C=O) groups is 3. The number of rotatable bonds is 6. The molecule has 0 aromatic heterocycles. The molecule has 0 radical (unpaired) electrons. The fourth-order valence-electron chi connectivity index (χ4n) is 2.22. The van der Waals surface area contributed by atoms with Gasteiger partial charge in [0.15, 0.2) is 0 Å². The Balaban J connectivity index is 0.00000110. The normalized spacial score (nSPS) is 21.7. The van der Waals surface area contributed by atoms with Gasteiger partial charge >= 0.3 is 5.97 Å². The van der Waals surface area contributed by atoms with E-state index in [9.17, 15) is 9.59 Å². The highest BCUT2D eigenvalue weighted by molar-refractivity contribution is 5.76. The van der Waals surface area contributed by atoms with E-state index < -0.39 is 5.97 Å². The van der Waals surface area contributed by atoms with E-state index in [1.165, 1.54) is 0 Å². The van der Waals surface area contributed by atoms with Gasteiger partial charge in [-0.3, -0.25) is 14.4 Å². The number of nitrogens with one attached hydrogen (secondary N) is 1. The molecule has 1 atom stereocenters. The topological polar surface area (TPSA) is 107 Å². The van der Waals surface area contributed by atoms with Crippen LogP contribution in [0.25, 0.3) is 0 Å². The molecule has 20 heavy (non-hydrogen) atoms. The first-order valence-electron chi connectivity index (χ1n) is 6.58. The predicted molar refractivity (Wildman–Crippen MR) is 73.4 cm³/mol. The van der Waals surface area contributed by atoms with Crippen LogP contribution in [0.1, 0.15) is 32.6 Å². The highest BCUT2D eigenvalue weighted by atomic mass is 16.4. The number of carbonyl (C=O) groups excluding carboxylic acids is 1. The Kier molecular flexibility index (Phi) is 8.54. The van der Waals surface area contributed by atoms with Gasteiger partial charge in [0.25, 0.3) is 6.47 Å². The van der Waals surface area contributed by atoms with Gasteiger partial charge in [-0.05, 0) is 31.8 Å². The maximum atomic E-state index is 11.5. The summed E-state index contributed by atoms with van der Waals surface area (Å²) in [4.78, 5) is 32.4. The quantitative estimate of drug-likeness (QED) is 0.611. The van der Waals surface area contributed by atoms with E-state index in [2.05, 4.69) is 24.2 Å². The Morgan fingerprint density at radius 3 is 2.45 bits per heavy atom. The van der Waals surface area contributed by atoms with Gasteiger partial charge in [-0.2, -0.15) is 0 Å². The van der Waals surface area contributed by atoms with Crippen molar-refractivity contribution in [1.82, 2.24) is 10.2 Å². The molecule has 0 aliphatic carbocycles. The zero-order chi connectivity index (χ0) is 15.6. The van der Waals surface area contributed by atoms with Gasteiger partial charge < -0.3 is 20.4 Å². The third kappa shape index (κ3) is 8.47. The number of amides is 1. The Morgan fingerprint density at radius 1 is 1.40 bits per heavy atom. The maximum Gasteiger partial charge on any atom is 0.303 e. The Labute approximate surface area is 119 Å². The lowest BCUT2D eigenvalue weighted by Gasteiger charge is -2.24. The molecule has 1 unspecified atom stereocenters. The number of hydrogen-bond acceptors (Lipinski definition) is 4. The van der Waals surface area contributed by atoms with Crippen LogP contribution < -0.4 is 5.32 Å². The third-order valence-electron chi connectivity index (χ3n) is 3.26. The smallest absolute Gasteiger partial charge is 0.303 e. The second-order valence-corrected chi connectivity index (χ2v) is 5.43. The van der Waals surface area contributed by atoms with Crippen molar-refractivity contribution in [2.45, 2.75) is 32.6 Å². The summed E-state index contributed by atoms with van der Waals surface area (Å²) in [6.07, 6.45) is 1.88. The monoisotopic (exact) mass is 288 g/mol. The maximum absolute atomic E-state index is 11.5. The first-order valence-corrected chi connectivity index (χ1v) is 6.58. The number of carboxylic acid groups (broad SMARTS) is 2. The lowest BCUT2D eigenvalue weighted by molar-refractivity contribution is -0.137. The van der Waals surface area contributed by atoms with E-state index in [4.69, 9.17) is 15.0 Å². The molecule has 3 N–H and O–H groups in total. The summed E-state index contributed by atoms with van der Waals surface area (Å²) in [5.41, 5.74) is 0.164. The van der Waals surface area contributed by atoms with Crippen LogP contribution in [0.4, 0.5) is 0 Å². The van der Waals surface area contributed by atoms with E-state index >= 15 is 0 Å². The zero-order valence-electron chi connectivity index (χ0n) is 12.1. The summed E-state index contributed by atoms with van der Waals surface area (Å²) in [7, 11) is 2.08. The fraction of sp³-hybridized carbons (Fsp3) is 0.769. The molecular formula is C13H24N2O5. The molecule has 0 aromatic carbocycles. The Morgan fingerprint density at radius 2 is 2.00 bits per heavy atom. The summed E-state index contributed by atoms with van der Waals surface area (Å²) >= 11 is 0. The van der Waals surface area contributed by atoms with Gasteiger partial charge in [0, 0.05) is 25.9 Å². The molecule has 0 saturated carbocycles. The minimum Gasteiger partial charge on any atom is -0.483 e. The molecule has 7 heteroatoms. The van der Waals surface area contributed by atoms with Crippen molar-refractivity contribution in [3.8, 4) is 0 Å². The summed E-state index contributed by atoms with van der Waals surface area (Å²) in [6.45, 7) is 4.69. The van der Waals surface area contributed by atoms with Gasteiger partial charge in [-0.25, -0.2) is 0 Å². The van der Waals surface area contributed by atoms with Crippen molar-refractivity contribution < 1.29 is 24.6 Å². The van der Waals surface area contributed by atoms with Crippen LogP contribution in [0, 0.1) is 5.41 Å². The van der Waals surface area contributed by atoms with Crippen LogP contribution >= 0.6 is 0 Å². The molecule has 1 rings (SSSR count). The van der Waals surface area contributed by atoms with Gasteiger partial charge in [0.05, 0.1) is 0 Å². The molecule has 1 aliphatic heterocycles. The lowest BCUT2D eigenvalue weighted by Crippen LogP contribution is -2.37. The second-order valence-electron chi connectivity index (χ2n) is 5.43. The molecule has 7 nitrogen and oxygen atoms in total. The SMILES string of the molecule is CN1CCC(C)(CNC(=O)CCCC(=O)O)C1.O=CO. The van der Waals surface area contributed by atoms with Gasteiger partial charge in [-0.15, -0.1) is 0 Å². The average Bonchev–Trinajstić information content (AvgIpc) is 2.68. The molecule has 0 bridgehead atoms. The number of likely N-dealkylation sites (tertiary alicyclic amines) is 1. The Bertz CT molecular complexity index is 335. The van der Waals surface area contributed by atoms with Crippen LogP contribution in [0.5, 0.6) is 0 Å². The molecule has 1 fully saturated rings. The zero-order valence-corrected chi connectivity index (χ0v) is 12.1. The highest BCUT2D eigenvalue weighted by Crippen LogP contribution is 2.27. The first-order chi connectivity index (χ1) is 9.33. The lowest BCUT2D eigenvalue weighted by atomic mass is 9.90. The second kappa shape index (κ2) is 9.30. The predicted octanol–water partition coefficient (Wildman–Crippen LogP) is 0.400. The molecule has 116 valence electrons. The number of hydrogen-bond donors (Lipinski definition) is 3. The molecular weight excluding hydrogens is 264 g/mol. The van der Waals surface area contributed by atoms with Crippen molar-refractivity contribution in [1.29, 1.82) is 0 Å². The summed E-state index contributed by atoms with van der Waals surface area (Å²) in [5.74, 6) is -0.885. The minimum absolute atomic E-state index is 0.0398. The van der Waals surface area contributed by atoms with Crippen molar-refractivity contribution in [2.24, 2.45) is 5.41 Å². The molecule has 1 heterocycles. The van der Waals surface area contributed by atoms with Gasteiger partial charge in [-0.1, -0.05) is 6.92 Å². The van der Waals surface area contributed by atoms with E-state index in [-0.39, 0.29) is 24.2 Å². The number of nitrogens with zero attached hydrogens (tertiary/aromatic N) is 1. The van der Waals surface area contributed by atoms with Crippen molar-refractivity contribution in [3.05, 3.63) is 0 Å². The summed E-state index contributed by atoms with van der Waals surface area (Å²) in [6, 6.07) is 0. The molecule has 1 aliphatic rings. The van der Waals surface area contributed by atoms with Crippen molar-refractivity contribution in [3.63, 3.8) is 0 Å². The van der Waals surface area contributed by atoms with Crippen molar-refractivity contribution >= 4 is 18.3 Å². The highest BCUT2D eigenvalue weighted by Gasteiger charge is 2.31. The van der Waals surface area contributed by atoms with E-state index in [1.54, 1.807) is 0 Å². The summed E-state index contributed by atoms with van der Waals surface area (Å²) < 4.78 is 0. The average molecular weight is 288 g/mol. The van der Waals surface area contributed by atoms with Crippen LogP contribution in [-0.2, 0) is 14.4 Å².